The minimum Gasteiger partial charge on any atom is -0.466 e. The van der Waals surface area contributed by atoms with Crippen molar-refractivity contribution in [1.29, 1.82) is 0 Å². The Hall–Kier alpha value is -4.73. The number of cyclic esters (lactones) is 1. The van der Waals surface area contributed by atoms with Crippen LogP contribution in [0.3, 0.4) is 0 Å². The lowest BCUT2D eigenvalue weighted by Crippen LogP contribution is -2.44. The molecule has 3 rings (SSSR count). The smallest absolute Gasteiger partial charge is 0.376 e. The molecule has 0 amide bonds. The van der Waals surface area contributed by atoms with Crippen LogP contribution in [0, 0.1) is 17.8 Å². The second kappa shape index (κ2) is 15.0. The van der Waals surface area contributed by atoms with Crippen LogP contribution in [-0.2, 0) is 51.0 Å². The highest BCUT2D eigenvalue weighted by Gasteiger charge is 2.56. The largest absolute Gasteiger partial charge is 0.466 e. The molecule has 1 heterocycles. The predicted molar refractivity (Wildman–Crippen MR) is 169 cm³/mol. The minimum atomic E-state index is -2.06. The van der Waals surface area contributed by atoms with Crippen molar-refractivity contribution in [3.63, 3.8) is 0 Å². The van der Waals surface area contributed by atoms with Gasteiger partial charge in [0.25, 0.3) is 0 Å². The van der Waals surface area contributed by atoms with E-state index < -0.39 is 47.1 Å². The third kappa shape index (κ3) is 8.29. The third-order valence-corrected chi connectivity index (χ3v) is 7.10. The van der Waals surface area contributed by atoms with Gasteiger partial charge in [-0.1, -0.05) is 77.5 Å². The van der Waals surface area contributed by atoms with Crippen LogP contribution in [-0.4, -0.2) is 42.6 Å². The first-order chi connectivity index (χ1) is 21.6. The van der Waals surface area contributed by atoms with Crippen molar-refractivity contribution in [2.45, 2.75) is 73.8 Å². The van der Waals surface area contributed by atoms with E-state index >= 15 is 0 Å². The maximum atomic E-state index is 13.7. The lowest BCUT2D eigenvalue weighted by atomic mass is 9.82. The van der Waals surface area contributed by atoms with Crippen molar-refractivity contribution < 1.29 is 47.7 Å². The van der Waals surface area contributed by atoms with Gasteiger partial charge in [-0.25, -0.2) is 9.59 Å². The number of allylic oxidation sites excluding steroid dienone is 2. The molecular formula is C36H42O10. The zero-order chi connectivity index (χ0) is 34.3. The molecule has 10 heteroatoms. The van der Waals surface area contributed by atoms with Crippen molar-refractivity contribution in [1.82, 2.24) is 0 Å². The molecular weight excluding hydrogens is 592 g/mol. The third-order valence-electron chi connectivity index (χ3n) is 7.10. The lowest BCUT2D eigenvalue weighted by Gasteiger charge is -2.28. The van der Waals surface area contributed by atoms with Crippen molar-refractivity contribution in [3.8, 4) is 11.5 Å². The molecule has 46 heavy (non-hydrogen) atoms. The summed E-state index contributed by atoms with van der Waals surface area (Å²) in [7, 11) is 1.16. The number of hydrogen-bond acceptors (Lipinski definition) is 10. The normalized spacial score (nSPS) is 16.0. The molecule has 0 fully saturated rings. The first-order valence-electron chi connectivity index (χ1n) is 15.2. The van der Waals surface area contributed by atoms with E-state index in [-0.39, 0.29) is 29.6 Å². The Morgan fingerprint density at radius 3 is 1.91 bits per heavy atom. The van der Waals surface area contributed by atoms with Gasteiger partial charge in [0.1, 0.15) is 11.5 Å². The topological polar surface area (TPSA) is 132 Å². The Labute approximate surface area is 269 Å². The van der Waals surface area contributed by atoms with Crippen molar-refractivity contribution in [3.05, 3.63) is 76.6 Å². The highest BCUT2D eigenvalue weighted by atomic mass is 16.6. The monoisotopic (exact) mass is 634 g/mol. The van der Waals surface area contributed by atoms with Crippen LogP contribution in [0.5, 0.6) is 11.5 Å². The molecule has 0 saturated carbocycles. The van der Waals surface area contributed by atoms with Gasteiger partial charge in [0.15, 0.2) is 0 Å². The molecule has 0 aliphatic carbocycles. The van der Waals surface area contributed by atoms with Gasteiger partial charge < -0.3 is 23.7 Å². The number of esters is 5. The summed E-state index contributed by atoms with van der Waals surface area (Å²) in [6.45, 7) is 14.0. The molecule has 2 aromatic carbocycles. The molecule has 1 aliphatic rings. The summed E-state index contributed by atoms with van der Waals surface area (Å²) in [5, 5.41) is 0. The fourth-order valence-electron chi connectivity index (χ4n) is 4.47. The molecule has 0 radical (unpaired) electrons. The Morgan fingerprint density at radius 1 is 0.804 bits per heavy atom. The maximum absolute atomic E-state index is 13.7. The first-order valence-corrected chi connectivity index (χ1v) is 15.2. The van der Waals surface area contributed by atoms with Crippen LogP contribution < -0.4 is 9.47 Å². The van der Waals surface area contributed by atoms with Gasteiger partial charge in [-0.2, -0.15) is 0 Å². The SMILES string of the molecule is COC(=O)[C@]1(Cc2ccc(OC(=O)C(C)C)c(CC=C(C)C)c2)OC(=O)C(OC(=O)C(C)C)=C1c1ccc(OC(=O)C(C)C)cc1. The summed E-state index contributed by atoms with van der Waals surface area (Å²) < 4.78 is 27.6. The lowest BCUT2D eigenvalue weighted by molar-refractivity contribution is -0.170. The Morgan fingerprint density at radius 2 is 1.37 bits per heavy atom. The van der Waals surface area contributed by atoms with Gasteiger partial charge in [0.2, 0.25) is 11.4 Å². The molecule has 0 N–H and O–H groups in total. The fourth-order valence-corrected chi connectivity index (χ4v) is 4.47. The Balaban J connectivity index is 2.21. The van der Waals surface area contributed by atoms with E-state index in [1.807, 2.05) is 19.9 Å². The van der Waals surface area contributed by atoms with E-state index in [0.717, 1.165) is 12.7 Å². The van der Waals surface area contributed by atoms with E-state index in [9.17, 15) is 24.0 Å². The molecule has 0 bridgehead atoms. The number of carbonyl (C=O) groups excluding carboxylic acids is 5. The highest BCUT2D eigenvalue weighted by Crippen LogP contribution is 2.44. The second-order valence-electron chi connectivity index (χ2n) is 12.3. The number of benzene rings is 2. The van der Waals surface area contributed by atoms with Crippen LogP contribution in [0.4, 0.5) is 0 Å². The van der Waals surface area contributed by atoms with Crippen LogP contribution in [0.2, 0.25) is 0 Å². The number of carbonyl (C=O) groups is 5. The highest BCUT2D eigenvalue weighted by molar-refractivity contribution is 6.12. The second-order valence-corrected chi connectivity index (χ2v) is 12.3. The zero-order valence-electron chi connectivity index (χ0n) is 27.8. The van der Waals surface area contributed by atoms with Gasteiger partial charge in [0.05, 0.1) is 30.4 Å². The summed E-state index contributed by atoms with van der Waals surface area (Å²) in [4.78, 5) is 64.4. The molecule has 0 saturated heterocycles. The van der Waals surface area contributed by atoms with E-state index in [1.165, 1.54) is 24.3 Å². The van der Waals surface area contributed by atoms with Gasteiger partial charge in [-0.15, -0.1) is 0 Å². The summed E-state index contributed by atoms with van der Waals surface area (Å²) >= 11 is 0. The van der Waals surface area contributed by atoms with Gasteiger partial charge in [0, 0.05) is 6.42 Å². The number of methoxy groups -OCH3 is 1. The molecule has 246 valence electrons. The average molecular weight is 635 g/mol. The van der Waals surface area contributed by atoms with Crippen molar-refractivity contribution >= 4 is 35.4 Å². The summed E-state index contributed by atoms with van der Waals surface area (Å²) in [5.41, 5.74) is 0.507. The molecule has 1 atom stereocenters. The van der Waals surface area contributed by atoms with Crippen molar-refractivity contribution in [2.24, 2.45) is 17.8 Å². The van der Waals surface area contributed by atoms with E-state index in [0.29, 0.717) is 28.9 Å². The standard InChI is InChI=1S/C36H42O10/c1-20(2)10-12-26-18-24(11-17-28(26)44-32(38)22(5)6)19-36(35(41)42-9)29(30(34(40)46-36)45-33(39)23(7)8)25-13-15-27(16-14-25)43-31(37)21(3)4/h10-11,13-18,21-23H,12,19H2,1-9H3/t36-/m1/s1. The molecule has 0 aromatic heterocycles. The number of rotatable bonds is 12. The van der Waals surface area contributed by atoms with E-state index in [4.69, 9.17) is 23.7 Å². The molecule has 1 aliphatic heterocycles. The quantitative estimate of drug-likeness (QED) is 0.120. The fraction of sp³-hybridized carbons (Fsp3) is 0.417. The minimum absolute atomic E-state index is 0.0127. The van der Waals surface area contributed by atoms with Gasteiger partial charge >= 0.3 is 29.8 Å². The van der Waals surface area contributed by atoms with Crippen LogP contribution in [0.25, 0.3) is 5.57 Å². The molecule has 10 nitrogen and oxygen atoms in total. The van der Waals surface area contributed by atoms with Gasteiger partial charge in [-0.05, 0) is 55.2 Å². The van der Waals surface area contributed by atoms with Crippen molar-refractivity contribution in [2.75, 3.05) is 7.11 Å². The molecule has 0 spiro atoms. The maximum Gasteiger partial charge on any atom is 0.376 e. The average Bonchev–Trinajstić information content (AvgIpc) is 3.27. The Bertz CT molecular complexity index is 1560. The van der Waals surface area contributed by atoms with E-state index in [2.05, 4.69) is 0 Å². The number of ether oxygens (including phenoxy) is 5. The molecule has 0 unspecified atom stereocenters. The van der Waals surface area contributed by atoms with Crippen LogP contribution >= 0.6 is 0 Å². The first kappa shape index (κ1) is 35.7. The zero-order valence-corrected chi connectivity index (χ0v) is 27.8. The molecule has 2 aromatic rings. The summed E-state index contributed by atoms with van der Waals surface area (Å²) in [6, 6.07) is 11.1. The van der Waals surface area contributed by atoms with Crippen LogP contribution in [0.1, 0.15) is 72.1 Å². The number of hydrogen-bond donors (Lipinski definition) is 0. The summed E-state index contributed by atoms with van der Waals surface area (Å²) in [5.74, 6) is -4.59. The van der Waals surface area contributed by atoms with Crippen LogP contribution in [0.15, 0.2) is 59.9 Å². The summed E-state index contributed by atoms with van der Waals surface area (Å²) in [6.07, 6.45) is 2.20. The Kier molecular flexibility index (Phi) is 11.7. The van der Waals surface area contributed by atoms with Gasteiger partial charge in [-0.3, -0.25) is 14.4 Å². The van der Waals surface area contributed by atoms with E-state index in [1.54, 1.807) is 59.7 Å². The predicted octanol–water partition coefficient (Wildman–Crippen LogP) is 5.94.